The lowest BCUT2D eigenvalue weighted by molar-refractivity contribution is 0.184. The number of nitrogen functional groups attached to an aromatic ring is 1. The van der Waals surface area contributed by atoms with Gasteiger partial charge in [-0.3, -0.25) is 0 Å². The van der Waals surface area contributed by atoms with Gasteiger partial charge in [0.05, 0.1) is 0 Å². The molecule has 6 heteroatoms. The van der Waals surface area contributed by atoms with Crippen LogP contribution in [0.2, 0.25) is 0 Å². The van der Waals surface area contributed by atoms with Gasteiger partial charge in [0, 0.05) is 56.7 Å². The molecule has 0 unspecified atom stereocenters. The maximum atomic E-state index is 12.2. The number of piperidine rings is 1. The number of urea groups is 1. The first-order valence-corrected chi connectivity index (χ1v) is 8.09. The Bertz CT molecular complexity index is 490. The maximum Gasteiger partial charge on any atom is 0.317 e. The average Bonchev–Trinajstić information content (AvgIpc) is 2.57. The Hall–Kier alpha value is -1.95. The highest BCUT2D eigenvalue weighted by Crippen LogP contribution is 2.21. The second-order valence-corrected chi connectivity index (χ2v) is 6.04. The highest BCUT2D eigenvalue weighted by atomic mass is 16.2. The number of hydrogen-bond donors (Lipinski definition) is 3. The predicted octanol–water partition coefficient (Wildman–Crippen LogP) is 0.852. The molecule has 6 nitrogen and oxygen atoms in total. The van der Waals surface area contributed by atoms with Crippen molar-refractivity contribution >= 4 is 17.4 Å². The van der Waals surface area contributed by atoms with Gasteiger partial charge in [-0.25, -0.2) is 4.79 Å². The second-order valence-electron chi connectivity index (χ2n) is 6.04. The van der Waals surface area contributed by atoms with E-state index in [9.17, 15) is 4.79 Å². The van der Waals surface area contributed by atoms with Gasteiger partial charge in [-0.1, -0.05) is 0 Å². The molecule has 2 amide bonds. The lowest BCUT2D eigenvalue weighted by atomic mass is 10.0. The zero-order chi connectivity index (χ0) is 15.4. The smallest absolute Gasteiger partial charge is 0.317 e. The number of carbonyl (C=O) groups excluding carboxylic acids is 1. The summed E-state index contributed by atoms with van der Waals surface area (Å²) in [7, 11) is 0. The van der Waals surface area contributed by atoms with Gasteiger partial charge in [0.2, 0.25) is 0 Å². The highest BCUT2D eigenvalue weighted by Gasteiger charge is 2.23. The lowest BCUT2D eigenvalue weighted by Crippen LogP contribution is -2.54. The van der Waals surface area contributed by atoms with Crippen molar-refractivity contribution in [1.29, 1.82) is 0 Å². The molecule has 1 aromatic carbocycles. The summed E-state index contributed by atoms with van der Waals surface area (Å²) in [6.07, 6.45) is 1.98. The molecule has 0 spiro atoms. The van der Waals surface area contributed by atoms with Gasteiger partial charge in [0.1, 0.15) is 0 Å². The summed E-state index contributed by atoms with van der Waals surface area (Å²) in [5.41, 5.74) is 7.73. The Morgan fingerprint density at radius 1 is 1.09 bits per heavy atom. The van der Waals surface area contributed by atoms with Crippen LogP contribution in [-0.2, 0) is 0 Å². The fraction of sp³-hybridized carbons (Fsp3) is 0.562. The fourth-order valence-corrected chi connectivity index (χ4v) is 3.10. The number of rotatable bonds is 2. The standard InChI is InChI=1S/C16H25N5O/c17-13-1-3-15(4-2-13)20-9-5-14(6-10-20)19-16(22)21-11-7-18-8-12-21/h1-4,14,18H,5-12,17H2,(H,19,22). The van der Waals surface area contributed by atoms with Crippen molar-refractivity contribution in [2.45, 2.75) is 18.9 Å². The molecular formula is C16H25N5O. The molecule has 120 valence electrons. The van der Waals surface area contributed by atoms with E-state index in [1.54, 1.807) is 0 Å². The van der Waals surface area contributed by atoms with Crippen molar-refractivity contribution in [3.05, 3.63) is 24.3 Å². The van der Waals surface area contributed by atoms with E-state index in [0.717, 1.165) is 57.8 Å². The van der Waals surface area contributed by atoms with Crippen molar-refractivity contribution in [3.8, 4) is 0 Å². The van der Waals surface area contributed by atoms with E-state index in [2.05, 4.69) is 27.7 Å². The summed E-state index contributed by atoms with van der Waals surface area (Å²) >= 11 is 0. The molecule has 4 N–H and O–H groups in total. The van der Waals surface area contributed by atoms with Crippen molar-refractivity contribution in [1.82, 2.24) is 15.5 Å². The molecule has 22 heavy (non-hydrogen) atoms. The summed E-state index contributed by atoms with van der Waals surface area (Å²) in [5.74, 6) is 0. The van der Waals surface area contributed by atoms with E-state index in [4.69, 9.17) is 5.73 Å². The summed E-state index contributed by atoms with van der Waals surface area (Å²) in [6.45, 7) is 5.32. The molecule has 0 aliphatic carbocycles. The molecule has 1 aromatic rings. The van der Waals surface area contributed by atoms with Crippen LogP contribution >= 0.6 is 0 Å². The molecule has 0 aromatic heterocycles. The van der Waals surface area contributed by atoms with E-state index in [1.165, 1.54) is 5.69 Å². The Labute approximate surface area is 131 Å². The van der Waals surface area contributed by atoms with E-state index >= 15 is 0 Å². The van der Waals surface area contributed by atoms with Gasteiger partial charge in [-0.2, -0.15) is 0 Å². The number of nitrogens with zero attached hydrogens (tertiary/aromatic N) is 2. The summed E-state index contributed by atoms with van der Waals surface area (Å²) in [4.78, 5) is 16.5. The van der Waals surface area contributed by atoms with Crippen LogP contribution in [0.1, 0.15) is 12.8 Å². The number of hydrogen-bond acceptors (Lipinski definition) is 4. The second kappa shape index (κ2) is 6.87. The topological polar surface area (TPSA) is 73.6 Å². The molecule has 3 rings (SSSR count). The van der Waals surface area contributed by atoms with Crippen molar-refractivity contribution < 1.29 is 4.79 Å². The van der Waals surface area contributed by atoms with E-state index in [1.807, 2.05) is 17.0 Å². The molecule has 0 bridgehead atoms. The van der Waals surface area contributed by atoms with Crippen LogP contribution in [0.3, 0.4) is 0 Å². The van der Waals surface area contributed by atoms with Gasteiger partial charge in [0.25, 0.3) is 0 Å². The van der Waals surface area contributed by atoms with E-state index < -0.39 is 0 Å². The van der Waals surface area contributed by atoms with Crippen LogP contribution in [0.4, 0.5) is 16.2 Å². The molecule has 2 saturated heterocycles. The minimum absolute atomic E-state index is 0.0902. The van der Waals surface area contributed by atoms with Crippen LogP contribution < -0.4 is 21.3 Å². The van der Waals surface area contributed by atoms with Crippen LogP contribution in [0, 0.1) is 0 Å². The molecular weight excluding hydrogens is 278 g/mol. The van der Waals surface area contributed by atoms with Crippen molar-refractivity contribution in [2.24, 2.45) is 0 Å². The first-order chi connectivity index (χ1) is 10.7. The molecule has 2 heterocycles. The number of carbonyl (C=O) groups is 1. The van der Waals surface area contributed by atoms with Crippen molar-refractivity contribution in [3.63, 3.8) is 0 Å². The summed E-state index contributed by atoms with van der Waals surface area (Å²) in [6, 6.07) is 8.38. The monoisotopic (exact) mass is 303 g/mol. The van der Waals surface area contributed by atoms with E-state index in [0.29, 0.717) is 0 Å². The highest BCUT2D eigenvalue weighted by molar-refractivity contribution is 5.74. The predicted molar refractivity (Wildman–Crippen MR) is 89.1 cm³/mol. The van der Waals surface area contributed by atoms with Crippen LogP contribution in [-0.4, -0.2) is 56.2 Å². The molecule has 2 aliphatic rings. The van der Waals surface area contributed by atoms with Crippen LogP contribution in [0.25, 0.3) is 0 Å². The number of nitrogens with two attached hydrogens (primary N) is 1. The minimum atomic E-state index is 0.0902. The van der Waals surface area contributed by atoms with Crippen LogP contribution in [0.5, 0.6) is 0 Å². The number of anilines is 2. The average molecular weight is 303 g/mol. The Kier molecular flexibility index (Phi) is 4.68. The number of benzene rings is 1. The normalized spacial score (nSPS) is 20.0. The molecule has 2 fully saturated rings. The number of nitrogens with one attached hydrogen (secondary N) is 2. The Balaban J connectivity index is 1.47. The quantitative estimate of drug-likeness (QED) is 0.708. The number of amides is 2. The lowest BCUT2D eigenvalue weighted by Gasteiger charge is -2.35. The molecule has 0 atom stereocenters. The Morgan fingerprint density at radius 3 is 2.36 bits per heavy atom. The first kappa shape index (κ1) is 15.0. The third-order valence-corrected chi connectivity index (χ3v) is 4.49. The van der Waals surface area contributed by atoms with Crippen LogP contribution in [0.15, 0.2) is 24.3 Å². The first-order valence-electron chi connectivity index (χ1n) is 8.09. The third-order valence-electron chi connectivity index (χ3n) is 4.49. The van der Waals surface area contributed by atoms with E-state index in [-0.39, 0.29) is 12.1 Å². The Morgan fingerprint density at radius 2 is 1.73 bits per heavy atom. The van der Waals surface area contributed by atoms with Gasteiger partial charge in [-0.05, 0) is 37.1 Å². The van der Waals surface area contributed by atoms with Gasteiger partial charge >= 0.3 is 6.03 Å². The number of piperazine rings is 1. The van der Waals surface area contributed by atoms with Gasteiger partial charge in [0.15, 0.2) is 0 Å². The third kappa shape index (κ3) is 3.62. The largest absolute Gasteiger partial charge is 0.399 e. The van der Waals surface area contributed by atoms with Crippen molar-refractivity contribution in [2.75, 3.05) is 49.9 Å². The molecule has 0 radical (unpaired) electrons. The van der Waals surface area contributed by atoms with Gasteiger partial charge in [-0.15, -0.1) is 0 Å². The summed E-state index contributed by atoms with van der Waals surface area (Å²) < 4.78 is 0. The maximum absolute atomic E-state index is 12.2. The fourth-order valence-electron chi connectivity index (χ4n) is 3.10. The zero-order valence-electron chi connectivity index (χ0n) is 12.9. The van der Waals surface area contributed by atoms with Gasteiger partial charge < -0.3 is 26.2 Å². The molecule has 0 saturated carbocycles. The molecule has 2 aliphatic heterocycles. The zero-order valence-corrected chi connectivity index (χ0v) is 12.9. The SMILES string of the molecule is Nc1ccc(N2CCC(NC(=O)N3CCNCC3)CC2)cc1. The summed E-state index contributed by atoms with van der Waals surface area (Å²) in [5, 5.41) is 6.45. The minimum Gasteiger partial charge on any atom is -0.399 e.